The van der Waals surface area contributed by atoms with Crippen molar-refractivity contribution in [2.75, 3.05) is 20.6 Å². The summed E-state index contributed by atoms with van der Waals surface area (Å²) in [5.41, 5.74) is 6.80. The first-order chi connectivity index (χ1) is 35.8. The normalized spacial score (nSPS) is 16.9. The van der Waals surface area contributed by atoms with Crippen LogP contribution >= 0.6 is 0 Å². The Morgan fingerprint density at radius 3 is 1.28 bits per heavy atom. The highest BCUT2D eigenvalue weighted by molar-refractivity contribution is 6.01. The highest BCUT2D eigenvalue weighted by Crippen LogP contribution is 2.43. The Bertz CT molecular complexity index is 2000. The van der Waals surface area contributed by atoms with E-state index in [1.165, 1.54) is 103 Å². The van der Waals surface area contributed by atoms with Gasteiger partial charge in [0, 0.05) is 17.5 Å². The number of esters is 3. The van der Waals surface area contributed by atoms with Gasteiger partial charge in [0.25, 0.3) is 6.10 Å². The molecule has 0 saturated carbocycles. The molecule has 0 aromatic heterocycles. The van der Waals surface area contributed by atoms with Crippen LogP contribution in [0.25, 0.3) is 0 Å². The summed E-state index contributed by atoms with van der Waals surface area (Å²) in [6.07, 6.45) is 24.9. The molecule has 76 heavy (non-hydrogen) atoms. The van der Waals surface area contributed by atoms with Crippen molar-refractivity contribution in [1.82, 2.24) is 4.90 Å². The zero-order chi connectivity index (χ0) is 57.2. The lowest BCUT2D eigenvalue weighted by atomic mass is 9.91. The van der Waals surface area contributed by atoms with Crippen molar-refractivity contribution >= 4 is 17.9 Å². The summed E-state index contributed by atoms with van der Waals surface area (Å²) >= 11 is 0. The molecule has 9 heteroatoms. The molecule has 4 rings (SSSR count). The van der Waals surface area contributed by atoms with Gasteiger partial charge in [-0.2, -0.15) is 0 Å². The van der Waals surface area contributed by atoms with Gasteiger partial charge in [0.2, 0.25) is 0 Å². The van der Waals surface area contributed by atoms with E-state index >= 15 is 0 Å². The molecule has 436 valence electrons. The molecule has 7 unspecified atom stereocenters. The second-order valence-electron chi connectivity index (χ2n) is 25.1. The Balaban J connectivity index is 0.000000505. The number of hydrogen-bond donors (Lipinski definition) is 0. The number of benzene rings is 2. The third kappa shape index (κ3) is 24.2. The summed E-state index contributed by atoms with van der Waals surface area (Å²) in [6, 6.07) is 0. The fraction of sp³-hybridized carbons (Fsp3) is 0.776. The van der Waals surface area contributed by atoms with Crippen molar-refractivity contribution in [2.45, 2.75) is 284 Å². The molecule has 0 spiro atoms. The maximum absolute atomic E-state index is 13.7. The van der Waals surface area contributed by atoms with E-state index < -0.39 is 24.0 Å². The second kappa shape index (κ2) is 35.8. The number of hydrogen-bond acceptors (Lipinski definition) is 9. The van der Waals surface area contributed by atoms with E-state index in [1.807, 2.05) is 74.4 Å². The zero-order valence-corrected chi connectivity index (χ0v) is 52.7. The van der Waals surface area contributed by atoms with Gasteiger partial charge < -0.3 is 28.6 Å². The predicted octanol–water partition coefficient (Wildman–Crippen LogP) is 17.8. The largest absolute Gasteiger partial charge is 0.490 e. The summed E-state index contributed by atoms with van der Waals surface area (Å²) in [7, 11) is 3.80. The number of carbonyl (C=O) groups excluding carboxylic acids is 3. The van der Waals surface area contributed by atoms with Gasteiger partial charge in [-0.15, -0.1) is 0 Å². The van der Waals surface area contributed by atoms with Crippen molar-refractivity contribution in [3.8, 4) is 23.0 Å². The number of carbonyl (C=O) groups is 3. The van der Waals surface area contributed by atoms with Crippen LogP contribution < -0.4 is 18.9 Å². The van der Waals surface area contributed by atoms with Crippen molar-refractivity contribution in [3.63, 3.8) is 0 Å². The third-order valence-corrected chi connectivity index (χ3v) is 16.2. The molecule has 2 heterocycles. The van der Waals surface area contributed by atoms with Crippen LogP contribution in [-0.4, -0.2) is 61.8 Å². The Labute approximate surface area is 466 Å². The summed E-state index contributed by atoms with van der Waals surface area (Å²) in [6.45, 7) is 39.6. The first-order valence-electron chi connectivity index (χ1n) is 30.7. The van der Waals surface area contributed by atoms with E-state index in [0.29, 0.717) is 35.8 Å². The maximum atomic E-state index is 13.7. The zero-order valence-electron chi connectivity index (χ0n) is 52.7. The van der Waals surface area contributed by atoms with Gasteiger partial charge in [-0.3, -0.25) is 4.79 Å². The monoisotopic (exact) mass is 1060 g/mol. The lowest BCUT2D eigenvalue weighted by Gasteiger charge is -2.29. The Morgan fingerprint density at radius 1 is 0.500 bits per heavy atom. The topological polar surface area (TPSA) is 101 Å². The lowest BCUT2D eigenvalue weighted by molar-refractivity contribution is -0.172. The minimum atomic E-state index is -1.91. The van der Waals surface area contributed by atoms with Crippen molar-refractivity contribution < 1.29 is 38.1 Å². The quantitative estimate of drug-likeness (QED) is 0.0448. The summed E-state index contributed by atoms with van der Waals surface area (Å²) in [5, 5.41) is 0. The fourth-order valence-electron chi connectivity index (χ4n) is 10.9. The minimum Gasteiger partial charge on any atom is -0.490 e. The van der Waals surface area contributed by atoms with Crippen LogP contribution in [0.2, 0.25) is 0 Å². The lowest BCUT2D eigenvalue weighted by Crippen LogP contribution is -2.41. The van der Waals surface area contributed by atoms with Crippen LogP contribution in [0.15, 0.2) is 0 Å². The molecule has 2 aliphatic heterocycles. The summed E-state index contributed by atoms with van der Waals surface area (Å²) < 4.78 is 29.6. The molecule has 0 N–H and O–H groups in total. The van der Waals surface area contributed by atoms with Gasteiger partial charge in [-0.25, -0.2) is 9.59 Å². The van der Waals surface area contributed by atoms with Gasteiger partial charge in [0.15, 0.2) is 0 Å². The van der Waals surface area contributed by atoms with Crippen LogP contribution in [0.3, 0.4) is 0 Å². The van der Waals surface area contributed by atoms with E-state index in [1.54, 1.807) is 0 Å². The first-order valence-corrected chi connectivity index (χ1v) is 30.7. The number of rotatable bonds is 29. The molecule has 9 nitrogen and oxygen atoms in total. The summed E-state index contributed by atoms with van der Waals surface area (Å²) in [4.78, 5) is 42.3. The molecule has 0 aliphatic carbocycles. The van der Waals surface area contributed by atoms with Crippen LogP contribution in [0.5, 0.6) is 23.0 Å². The Kier molecular flexibility index (Phi) is 32.3. The SMILES string of the molecule is CCCC(C)CCCC(C)CCCC(C)C.CCCC(C)CCCC(C)CCCC(C)C.Cc1c(C)c(OC(=O)C(OC(=O)CCCN(C)C)C(=O)Oc2c(C)c(C)c3c(c2C)CCC(C)O3)c(C)c2c1CCC(C)O2. The maximum Gasteiger partial charge on any atom is 0.364 e. The van der Waals surface area contributed by atoms with Crippen LogP contribution in [0, 0.1) is 77.0 Å². The van der Waals surface area contributed by atoms with Crippen molar-refractivity contribution in [2.24, 2.45) is 35.5 Å². The second-order valence-corrected chi connectivity index (χ2v) is 25.1. The number of ether oxygens (including phenoxy) is 5. The van der Waals surface area contributed by atoms with Gasteiger partial charge in [0.05, 0.1) is 12.2 Å². The van der Waals surface area contributed by atoms with E-state index in [0.717, 1.165) is 106 Å². The van der Waals surface area contributed by atoms with Gasteiger partial charge in [-0.1, -0.05) is 172 Å². The van der Waals surface area contributed by atoms with E-state index in [9.17, 15) is 14.4 Å². The Hall–Kier alpha value is -3.59. The molecule has 0 bridgehead atoms. The standard InChI is InChI=1S/C35H47NO8.2C16H34/c1-18-14-16-27-24(7)29(22(5)23(6)31(27)40-18)43-34(38)33(42-28(37)12-11-17-36(9)10)35(39)44-30-21(4)20(3)26-15-13-19(2)41-32(26)25(30)8;2*1-6-9-15(4)12-8-13-16(5)11-7-10-14(2)3/h18-19,33H,11-17H2,1-10H3;2*14-16H,6-13H2,1-5H3. The highest BCUT2D eigenvalue weighted by Gasteiger charge is 2.38. The van der Waals surface area contributed by atoms with Crippen LogP contribution in [0.1, 0.15) is 256 Å². The van der Waals surface area contributed by atoms with E-state index in [-0.39, 0.29) is 18.6 Å². The average molecular weight is 1060 g/mol. The number of fused-ring (bicyclic) bond motifs is 2. The molecule has 0 radical (unpaired) electrons. The molecule has 0 fully saturated rings. The van der Waals surface area contributed by atoms with Crippen LogP contribution in [-0.2, 0) is 32.0 Å². The fourth-order valence-corrected chi connectivity index (χ4v) is 10.9. The first kappa shape index (κ1) is 68.5. The molecule has 2 aromatic rings. The van der Waals surface area contributed by atoms with Crippen LogP contribution in [0.4, 0.5) is 0 Å². The third-order valence-electron chi connectivity index (χ3n) is 16.2. The average Bonchev–Trinajstić information content (AvgIpc) is 3.34. The molecule has 0 amide bonds. The molecule has 2 aliphatic rings. The summed E-state index contributed by atoms with van der Waals surface area (Å²) in [5.74, 6) is 5.00. The highest BCUT2D eigenvalue weighted by atomic mass is 16.6. The molecule has 7 atom stereocenters. The van der Waals surface area contributed by atoms with Gasteiger partial charge >= 0.3 is 17.9 Å². The van der Waals surface area contributed by atoms with Crippen molar-refractivity contribution in [1.29, 1.82) is 0 Å². The smallest absolute Gasteiger partial charge is 0.364 e. The molecule has 2 aromatic carbocycles. The predicted molar refractivity (Wildman–Crippen MR) is 319 cm³/mol. The van der Waals surface area contributed by atoms with E-state index in [4.69, 9.17) is 23.7 Å². The Morgan fingerprint density at radius 2 is 0.868 bits per heavy atom. The van der Waals surface area contributed by atoms with E-state index in [2.05, 4.69) is 69.2 Å². The molecular weight excluding hydrogens is 947 g/mol. The van der Waals surface area contributed by atoms with Gasteiger partial charge in [0.1, 0.15) is 23.0 Å². The molecular formula is C67H115NO8. The minimum absolute atomic E-state index is 0.0258. The van der Waals surface area contributed by atoms with Crippen molar-refractivity contribution in [3.05, 3.63) is 44.5 Å². The van der Waals surface area contributed by atoms with Gasteiger partial charge in [-0.05, 0) is 177 Å². The molecule has 0 saturated heterocycles. The number of nitrogens with zero attached hydrogens (tertiary/aromatic N) is 1.